The minimum atomic E-state index is -4.74. The van der Waals surface area contributed by atoms with E-state index in [0.29, 0.717) is 37.2 Å². The molecule has 0 aromatic rings. The summed E-state index contributed by atoms with van der Waals surface area (Å²) >= 11 is 0. The van der Waals surface area contributed by atoms with Crippen LogP contribution in [-0.2, 0) is 0 Å². The fraction of sp³-hybridized carbons (Fsp3) is 0.758. The van der Waals surface area contributed by atoms with Gasteiger partial charge in [-0.15, -0.1) is 0 Å². The molecular weight excluding hydrogens is 517 g/mol. The lowest BCUT2D eigenvalue weighted by Gasteiger charge is -2.49. The number of halogens is 3. The van der Waals surface area contributed by atoms with Crippen LogP contribution < -0.4 is 0 Å². The smallest absolute Gasteiger partial charge is 0.393 e. The zero-order valence-corrected chi connectivity index (χ0v) is 25.0. The van der Waals surface area contributed by atoms with E-state index in [4.69, 9.17) is 0 Å². The molecule has 0 saturated heterocycles. The Morgan fingerprint density at radius 2 is 1.70 bits per heavy atom. The fourth-order valence-corrected chi connectivity index (χ4v) is 7.85. The molecule has 0 amide bonds. The monoisotopic (exact) mass is 568 g/mol. The van der Waals surface area contributed by atoms with Gasteiger partial charge in [0.1, 0.15) is 0 Å². The Bertz CT molecular complexity index is 1000. The maximum Gasteiger partial charge on any atom is 0.420 e. The van der Waals surface area contributed by atoms with E-state index in [0.717, 1.165) is 63.5 Å². The van der Waals surface area contributed by atoms with Crippen molar-refractivity contribution in [3.63, 3.8) is 0 Å². The molecule has 0 aliphatic heterocycles. The molecule has 228 valence electrons. The summed E-state index contributed by atoms with van der Waals surface area (Å²) in [5.41, 5.74) is -1.07. The maximum atomic E-state index is 13.3. The second-order valence-electron chi connectivity index (χ2n) is 14.2. The SMILES string of the molecule is C=C1/C(=C\C=C2/CCCC3(C)C2CC[C@@H]3C(C)(C/C=C/C(C)(O)C(F)(F)F)CCCC(C)(C)O)C[C@@H](O)CC1O. The minimum Gasteiger partial charge on any atom is -0.393 e. The molecule has 3 fully saturated rings. The number of allylic oxidation sites excluding steroid dienone is 4. The van der Waals surface area contributed by atoms with Gasteiger partial charge < -0.3 is 20.4 Å². The van der Waals surface area contributed by atoms with E-state index in [2.05, 4.69) is 26.5 Å². The van der Waals surface area contributed by atoms with Crippen LogP contribution in [0.25, 0.3) is 0 Å². The fourth-order valence-electron chi connectivity index (χ4n) is 7.85. The van der Waals surface area contributed by atoms with E-state index in [9.17, 15) is 33.6 Å². The quantitative estimate of drug-likeness (QED) is 0.220. The zero-order valence-electron chi connectivity index (χ0n) is 25.0. The van der Waals surface area contributed by atoms with E-state index >= 15 is 0 Å². The summed E-state index contributed by atoms with van der Waals surface area (Å²) < 4.78 is 39.9. The van der Waals surface area contributed by atoms with Gasteiger partial charge in [-0.3, -0.25) is 0 Å². The standard InChI is InChI=1S/C33H51F3O4/c1-22-24(20-25(37)21-27(22)38)12-11-23-10-7-18-31(5)26(23)13-14-28(31)30(4,16-8-15-29(2,3)39)17-9-19-32(6,40)33(34,35)36/h9,11-12,19,25-28,37-40H,1,7-8,10,13-18,20-21H2,2-6H3/b19-9+,23-11+,24-12-/t25-,26?,27?,28-,30?,31?,32?/m1/s1. The van der Waals surface area contributed by atoms with Gasteiger partial charge in [0, 0.05) is 6.42 Å². The van der Waals surface area contributed by atoms with Crippen LogP contribution in [0.2, 0.25) is 0 Å². The lowest BCUT2D eigenvalue weighted by Crippen LogP contribution is -2.42. The third-order valence-electron chi connectivity index (χ3n) is 10.2. The van der Waals surface area contributed by atoms with Crippen LogP contribution in [0.3, 0.4) is 0 Å². The maximum absolute atomic E-state index is 13.3. The van der Waals surface area contributed by atoms with Gasteiger partial charge in [0.15, 0.2) is 5.60 Å². The molecule has 3 rings (SSSR count). The van der Waals surface area contributed by atoms with Crippen LogP contribution in [-0.4, -0.2) is 50.0 Å². The van der Waals surface area contributed by atoms with Gasteiger partial charge in [0.05, 0.1) is 17.8 Å². The Kier molecular flexibility index (Phi) is 9.98. The number of aliphatic hydroxyl groups is 4. The summed E-state index contributed by atoms with van der Waals surface area (Å²) in [6.45, 7) is 12.9. The average molecular weight is 569 g/mol. The zero-order chi connectivity index (χ0) is 30.1. The number of aliphatic hydroxyl groups excluding tert-OH is 2. The van der Waals surface area contributed by atoms with Crippen LogP contribution in [0.4, 0.5) is 13.2 Å². The highest BCUT2D eigenvalue weighted by molar-refractivity contribution is 5.38. The highest BCUT2D eigenvalue weighted by Gasteiger charge is 2.55. The topological polar surface area (TPSA) is 80.9 Å². The van der Waals surface area contributed by atoms with Crippen molar-refractivity contribution in [3.8, 4) is 0 Å². The van der Waals surface area contributed by atoms with Crippen molar-refractivity contribution in [2.45, 2.75) is 135 Å². The third kappa shape index (κ3) is 7.50. The summed E-state index contributed by atoms with van der Waals surface area (Å²) in [6, 6.07) is 0. The molecule has 4 N–H and O–H groups in total. The first-order chi connectivity index (χ1) is 18.3. The van der Waals surface area contributed by atoms with E-state index in [-0.39, 0.29) is 16.7 Å². The van der Waals surface area contributed by atoms with Crippen LogP contribution in [0.15, 0.2) is 47.6 Å². The number of fused-ring (bicyclic) bond motifs is 1. The predicted molar refractivity (Wildman–Crippen MR) is 153 cm³/mol. The molecule has 3 saturated carbocycles. The molecule has 7 atom stereocenters. The van der Waals surface area contributed by atoms with Gasteiger partial charge in [-0.2, -0.15) is 13.2 Å². The van der Waals surface area contributed by atoms with Crippen molar-refractivity contribution in [3.05, 3.63) is 47.6 Å². The van der Waals surface area contributed by atoms with Gasteiger partial charge in [-0.05, 0) is 118 Å². The summed E-state index contributed by atoms with van der Waals surface area (Å²) in [6.07, 6.45) is 8.99. The van der Waals surface area contributed by atoms with Gasteiger partial charge in [0.2, 0.25) is 0 Å². The van der Waals surface area contributed by atoms with Crippen LogP contribution in [0.1, 0.15) is 105 Å². The molecule has 3 aliphatic carbocycles. The summed E-state index contributed by atoms with van der Waals surface area (Å²) in [4.78, 5) is 0. The molecule has 3 aliphatic rings. The summed E-state index contributed by atoms with van der Waals surface area (Å²) in [5, 5.41) is 40.7. The second-order valence-corrected chi connectivity index (χ2v) is 14.2. The first-order valence-electron chi connectivity index (χ1n) is 14.9. The van der Waals surface area contributed by atoms with Crippen molar-refractivity contribution in [1.82, 2.24) is 0 Å². The Hall–Kier alpha value is -1.41. The summed E-state index contributed by atoms with van der Waals surface area (Å²) in [7, 11) is 0. The van der Waals surface area contributed by atoms with Gasteiger partial charge in [-0.25, -0.2) is 0 Å². The number of alkyl halides is 3. The van der Waals surface area contributed by atoms with Crippen LogP contribution in [0, 0.1) is 22.7 Å². The van der Waals surface area contributed by atoms with Crippen LogP contribution >= 0.6 is 0 Å². The Labute approximate surface area is 238 Å². The first-order valence-corrected chi connectivity index (χ1v) is 14.9. The second kappa shape index (κ2) is 12.1. The predicted octanol–water partition coefficient (Wildman–Crippen LogP) is 7.33. The highest BCUT2D eigenvalue weighted by Crippen LogP contribution is 2.63. The van der Waals surface area contributed by atoms with Gasteiger partial charge >= 0.3 is 6.18 Å². The summed E-state index contributed by atoms with van der Waals surface area (Å²) in [5.74, 6) is 0.627. The molecule has 40 heavy (non-hydrogen) atoms. The number of rotatable bonds is 9. The molecule has 0 aromatic heterocycles. The minimum absolute atomic E-state index is 0.0188. The van der Waals surface area contributed by atoms with Crippen LogP contribution in [0.5, 0.6) is 0 Å². The molecular formula is C33H51F3O4. The van der Waals surface area contributed by atoms with Crippen molar-refractivity contribution < 1.29 is 33.6 Å². The lowest BCUT2D eigenvalue weighted by atomic mass is 9.55. The third-order valence-corrected chi connectivity index (χ3v) is 10.2. The average Bonchev–Trinajstić information content (AvgIpc) is 3.17. The molecule has 5 unspecified atom stereocenters. The molecule has 0 bridgehead atoms. The lowest BCUT2D eigenvalue weighted by molar-refractivity contribution is -0.232. The van der Waals surface area contributed by atoms with E-state index < -0.39 is 29.6 Å². The molecule has 0 spiro atoms. The molecule has 0 radical (unpaired) electrons. The molecule has 7 heteroatoms. The number of hydrogen-bond acceptors (Lipinski definition) is 4. The van der Waals surface area contributed by atoms with Crippen molar-refractivity contribution in [1.29, 1.82) is 0 Å². The molecule has 0 aromatic carbocycles. The highest BCUT2D eigenvalue weighted by atomic mass is 19.4. The Balaban J connectivity index is 1.88. The van der Waals surface area contributed by atoms with E-state index in [1.807, 2.05) is 6.08 Å². The molecule has 0 heterocycles. The van der Waals surface area contributed by atoms with Gasteiger partial charge in [0.25, 0.3) is 0 Å². The van der Waals surface area contributed by atoms with E-state index in [1.54, 1.807) is 13.8 Å². The normalized spacial score (nSPS) is 35.2. The Morgan fingerprint density at radius 3 is 2.33 bits per heavy atom. The van der Waals surface area contributed by atoms with Gasteiger partial charge in [-0.1, -0.05) is 50.6 Å². The first kappa shape index (κ1) is 33.1. The van der Waals surface area contributed by atoms with Crippen molar-refractivity contribution >= 4 is 0 Å². The number of hydrogen-bond donors (Lipinski definition) is 4. The van der Waals surface area contributed by atoms with Crippen molar-refractivity contribution in [2.75, 3.05) is 0 Å². The van der Waals surface area contributed by atoms with E-state index in [1.165, 1.54) is 11.6 Å². The van der Waals surface area contributed by atoms with Crippen molar-refractivity contribution in [2.24, 2.45) is 22.7 Å². The molecule has 4 nitrogen and oxygen atoms in total. The largest absolute Gasteiger partial charge is 0.420 e. The Morgan fingerprint density at radius 1 is 1.02 bits per heavy atom.